The number of benzene rings is 1. The molecule has 0 saturated heterocycles. The van der Waals surface area contributed by atoms with Gasteiger partial charge >= 0.3 is 0 Å². The lowest BCUT2D eigenvalue weighted by molar-refractivity contribution is -0.385. The van der Waals surface area contributed by atoms with E-state index in [1.807, 2.05) is 0 Å². The van der Waals surface area contributed by atoms with Crippen LogP contribution in [0.25, 0.3) is 6.08 Å². The lowest BCUT2D eigenvalue weighted by Crippen LogP contribution is -1.92. The highest BCUT2D eigenvalue weighted by Gasteiger charge is 2.14. The summed E-state index contributed by atoms with van der Waals surface area (Å²) in [4.78, 5) is 20.6. The number of phenolic OH excluding ortho intramolecular Hbond substituents is 1. The molecule has 0 heterocycles. The summed E-state index contributed by atoms with van der Waals surface area (Å²) in [6.07, 6.45) is 1.65. The summed E-state index contributed by atoms with van der Waals surface area (Å²) in [5.74, 6) is -0.250. The first-order valence-electron chi connectivity index (χ1n) is 4.37. The Morgan fingerprint density at radius 3 is 2.71 bits per heavy atom. The van der Waals surface area contributed by atoms with E-state index in [-0.39, 0.29) is 27.2 Å². The molecule has 0 amide bonds. The largest absolute Gasteiger partial charge is 0.506 e. The summed E-state index contributed by atoms with van der Waals surface area (Å²) in [7, 11) is 1.28. The van der Waals surface area contributed by atoms with E-state index >= 15 is 0 Å². The van der Waals surface area contributed by atoms with Crippen LogP contribution in [0.1, 0.15) is 5.56 Å². The number of hydrogen-bond donors (Lipinski definition) is 1. The van der Waals surface area contributed by atoms with Crippen LogP contribution in [0.2, 0.25) is 0 Å². The Hall–Kier alpha value is -1.89. The molecule has 7 heteroatoms. The Morgan fingerprint density at radius 2 is 2.24 bits per heavy atom. The van der Waals surface area contributed by atoms with E-state index in [2.05, 4.69) is 15.9 Å². The maximum atomic E-state index is 10.6. The van der Waals surface area contributed by atoms with Gasteiger partial charge in [-0.05, 0) is 22.0 Å². The average molecular weight is 302 g/mol. The summed E-state index contributed by atoms with van der Waals surface area (Å²) in [6.45, 7) is 0. The first-order chi connectivity index (χ1) is 7.99. The third kappa shape index (κ3) is 3.04. The second-order valence-corrected chi connectivity index (χ2v) is 3.85. The van der Waals surface area contributed by atoms with Gasteiger partial charge in [0.15, 0.2) is 12.0 Å². The molecule has 0 bridgehead atoms. The van der Waals surface area contributed by atoms with Crippen molar-refractivity contribution in [2.24, 2.45) is 0 Å². The second kappa shape index (κ2) is 5.44. The van der Waals surface area contributed by atoms with Gasteiger partial charge in [-0.1, -0.05) is 0 Å². The quantitative estimate of drug-likeness (QED) is 0.303. The maximum absolute atomic E-state index is 10.6. The van der Waals surface area contributed by atoms with E-state index < -0.39 is 4.92 Å². The van der Waals surface area contributed by atoms with E-state index in [0.717, 1.165) is 6.07 Å². The van der Waals surface area contributed by atoms with Crippen LogP contribution in [0.4, 0.5) is 5.69 Å². The predicted molar refractivity (Wildman–Crippen MR) is 63.5 cm³/mol. The van der Waals surface area contributed by atoms with Crippen molar-refractivity contribution in [1.82, 2.24) is 0 Å². The highest BCUT2D eigenvalue weighted by Crippen LogP contribution is 2.33. The highest BCUT2D eigenvalue weighted by molar-refractivity contribution is 9.10. The van der Waals surface area contributed by atoms with Crippen molar-refractivity contribution in [1.29, 1.82) is 0 Å². The number of phenols is 1. The van der Waals surface area contributed by atoms with Crippen LogP contribution in [-0.4, -0.2) is 23.4 Å². The molecule has 0 aromatic heterocycles. The minimum absolute atomic E-state index is 0.0484. The molecular formula is C10H8BrNO5. The lowest BCUT2D eigenvalue weighted by Gasteiger charge is -2.03. The van der Waals surface area contributed by atoms with Crippen LogP contribution < -0.4 is 0 Å². The molecular weight excluding hydrogens is 294 g/mol. The number of nitro groups is 1. The van der Waals surface area contributed by atoms with Gasteiger partial charge in [0.05, 0.1) is 16.5 Å². The van der Waals surface area contributed by atoms with E-state index in [9.17, 15) is 20.0 Å². The van der Waals surface area contributed by atoms with Crippen molar-refractivity contribution in [2.75, 3.05) is 7.11 Å². The molecule has 1 aromatic rings. The fraction of sp³-hybridized carbons (Fsp3) is 0.100. The summed E-state index contributed by atoms with van der Waals surface area (Å²) in [5, 5.41) is 20.3. The van der Waals surface area contributed by atoms with Crippen molar-refractivity contribution in [3.05, 3.63) is 38.0 Å². The molecule has 0 atom stereocenters. The molecule has 17 heavy (non-hydrogen) atoms. The number of aldehydes is 1. The molecule has 0 unspecified atom stereocenters. The monoisotopic (exact) mass is 301 g/mol. The van der Waals surface area contributed by atoms with Crippen molar-refractivity contribution >= 4 is 34.0 Å². The van der Waals surface area contributed by atoms with E-state index in [1.54, 1.807) is 0 Å². The lowest BCUT2D eigenvalue weighted by atomic mass is 10.1. The fourth-order valence-corrected chi connectivity index (χ4v) is 1.58. The van der Waals surface area contributed by atoms with Crippen molar-refractivity contribution in [3.63, 3.8) is 0 Å². The topological polar surface area (TPSA) is 89.7 Å². The summed E-state index contributed by atoms with van der Waals surface area (Å²) in [5.41, 5.74) is -0.0858. The van der Waals surface area contributed by atoms with Crippen LogP contribution in [0.3, 0.4) is 0 Å². The van der Waals surface area contributed by atoms with Gasteiger partial charge < -0.3 is 9.84 Å². The number of hydrogen-bond acceptors (Lipinski definition) is 5. The van der Waals surface area contributed by atoms with Gasteiger partial charge in [0.1, 0.15) is 5.75 Å². The highest BCUT2D eigenvalue weighted by atomic mass is 79.9. The zero-order valence-corrected chi connectivity index (χ0v) is 10.3. The molecule has 1 rings (SSSR count). The Kier molecular flexibility index (Phi) is 4.22. The van der Waals surface area contributed by atoms with Gasteiger partial charge in [-0.25, -0.2) is 0 Å². The molecule has 0 radical (unpaired) electrons. The van der Waals surface area contributed by atoms with Gasteiger partial charge in [0.2, 0.25) is 0 Å². The van der Waals surface area contributed by atoms with Gasteiger partial charge in [-0.15, -0.1) is 0 Å². The maximum Gasteiger partial charge on any atom is 0.271 e. The number of ether oxygens (including phenoxy) is 1. The molecule has 90 valence electrons. The Morgan fingerprint density at radius 1 is 1.59 bits per heavy atom. The van der Waals surface area contributed by atoms with E-state index in [1.165, 1.54) is 19.3 Å². The minimum atomic E-state index is -0.602. The standard InChI is InChI=1S/C10H8BrNO5/c1-17-8(5-13)3-6-2-7(12(15)16)4-9(11)10(6)14/h2-5,14H,1H3. The predicted octanol–water partition coefficient (Wildman–Crippen LogP) is 2.25. The normalized spacial score (nSPS) is 11.1. The Bertz CT molecular complexity index is 498. The van der Waals surface area contributed by atoms with Gasteiger partial charge in [0.25, 0.3) is 5.69 Å². The summed E-state index contributed by atoms with van der Waals surface area (Å²) >= 11 is 2.99. The summed E-state index contributed by atoms with van der Waals surface area (Å²) in [6, 6.07) is 2.31. The van der Waals surface area contributed by atoms with Gasteiger partial charge in [0, 0.05) is 17.7 Å². The molecule has 1 aromatic carbocycles. The number of methoxy groups -OCH3 is 1. The first-order valence-corrected chi connectivity index (χ1v) is 5.16. The smallest absolute Gasteiger partial charge is 0.271 e. The third-order valence-electron chi connectivity index (χ3n) is 1.94. The van der Waals surface area contributed by atoms with Crippen LogP contribution in [0, 0.1) is 10.1 Å². The number of allylic oxidation sites excluding steroid dienone is 1. The van der Waals surface area contributed by atoms with Crippen molar-refractivity contribution in [3.8, 4) is 5.75 Å². The van der Waals surface area contributed by atoms with Crippen molar-refractivity contribution < 1.29 is 19.6 Å². The number of nitro benzene ring substituents is 1. The summed E-state index contributed by atoms with van der Waals surface area (Å²) < 4.78 is 4.86. The average Bonchev–Trinajstić information content (AvgIpc) is 2.30. The van der Waals surface area contributed by atoms with Crippen LogP contribution in [-0.2, 0) is 9.53 Å². The molecule has 1 N–H and O–H groups in total. The molecule has 0 saturated carbocycles. The van der Waals surface area contributed by atoms with E-state index in [4.69, 9.17) is 4.74 Å². The number of rotatable bonds is 4. The van der Waals surface area contributed by atoms with Crippen LogP contribution in [0.15, 0.2) is 22.4 Å². The minimum Gasteiger partial charge on any atom is -0.506 e. The number of aromatic hydroxyl groups is 1. The molecule has 0 aliphatic carbocycles. The second-order valence-electron chi connectivity index (χ2n) is 2.99. The first kappa shape index (κ1) is 13.2. The molecule has 0 fully saturated rings. The Balaban J connectivity index is 3.37. The van der Waals surface area contributed by atoms with Gasteiger partial charge in [-0.2, -0.15) is 0 Å². The zero-order valence-electron chi connectivity index (χ0n) is 8.71. The molecule has 6 nitrogen and oxygen atoms in total. The Labute approximate surface area is 105 Å². The number of non-ortho nitro benzene ring substituents is 1. The number of nitrogens with zero attached hydrogens (tertiary/aromatic N) is 1. The molecule has 0 aliphatic heterocycles. The SMILES string of the molecule is COC(C=O)=Cc1cc([N+](=O)[O-])cc(Br)c1O. The number of carbonyl (C=O) groups is 1. The molecule has 0 spiro atoms. The van der Waals surface area contributed by atoms with E-state index in [0.29, 0.717) is 6.29 Å². The fourth-order valence-electron chi connectivity index (χ4n) is 1.12. The van der Waals surface area contributed by atoms with Crippen LogP contribution in [0.5, 0.6) is 5.75 Å². The van der Waals surface area contributed by atoms with Crippen molar-refractivity contribution in [2.45, 2.75) is 0 Å². The number of carbonyl (C=O) groups excluding carboxylic acids is 1. The molecule has 0 aliphatic rings. The third-order valence-corrected chi connectivity index (χ3v) is 2.54. The van der Waals surface area contributed by atoms with Crippen LogP contribution >= 0.6 is 15.9 Å². The zero-order chi connectivity index (χ0) is 13.0. The number of halogens is 1. The van der Waals surface area contributed by atoms with Gasteiger partial charge in [-0.3, -0.25) is 14.9 Å².